The molecule has 0 aliphatic carbocycles. The summed E-state index contributed by atoms with van der Waals surface area (Å²) in [7, 11) is 1.66. The van der Waals surface area contributed by atoms with Crippen LogP contribution < -0.4 is 0 Å². The fraction of sp³-hybridized carbons (Fsp3) is 1.00. The lowest BCUT2D eigenvalue weighted by Crippen LogP contribution is -2.32. The second-order valence-electron chi connectivity index (χ2n) is 3.91. The zero-order valence-electron chi connectivity index (χ0n) is 11.7. The largest absolute Gasteiger partial charge is 0.383 e. The maximum Gasteiger partial charge on any atom is 0.122 e. The second kappa shape index (κ2) is 12.7. The second-order valence-corrected chi connectivity index (χ2v) is 3.91. The summed E-state index contributed by atoms with van der Waals surface area (Å²) in [6, 6.07) is 0. The predicted molar refractivity (Wildman–Crippen MR) is 67.8 cm³/mol. The highest BCUT2D eigenvalue weighted by Crippen LogP contribution is 1.94. The molecule has 114 valence electrons. The van der Waals surface area contributed by atoms with Crippen LogP contribution >= 0.6 is 0 Å². The molecular formula is C12H25NO6. The van der Waals surface area contributed by atoms with Crippen molar-refractivity contribution in [3.8, 4) is 0 Å². The van der Waals surface area contributed by atoms with Crippen molar-refractivity contribution in [2.45, 2.75) is 0 Å². The Labute approximate surface area is 114 Å². The SMILES string of the molecule is COCCN1COCCOCCOCCOCCO1. The summed E-state index contributed by atoms with van der Waals surface area (Å²) in [5.74, 6) is 0. The molecule has 0 aromatic heterocycles. The van der Waals surface area contributed by atoms with Crippen LogP contribution in [0, 0.1) is 0 Å². The average Bonchev–Trinajstić information content (AvgIpc) is 2.44. The molecule has 0 spiro atoms. The van der Waals surface area contributed by atoms with Gasteiger partial charge in [-0.15, -0.1) is 0 Å². The van der Waals surface area contributed by atoms with E-state index in [1.54, 1.807) is 12.2 Å². The fourth-order valence-electron chi connectivity index (χ4n) is 1.41. The minimum Gasteiger partial charge on any atom is -0.383 e. The highest BCUT2D eigenvalue weighted by atomic mass is 16.7. The Bertz CT molecular complexity index is 179. The molecule has 1 aliphatic heterocycles. The molecule has 1 saturated heterocycles. The van der Waals surface area contributed by atoms with Crippen LogP contribution in [-0.4, -0.2) is 84.9 Å². The predicted octanol–water partition coefficient (Wildman–Crippen LogP) is -0.0961. The molecule has 0 aromatic carbocycles. The van der Waals surface area contributed by atoms with Gasteiger partial charge in [-0.05, 0) is 0 Å². The van der Waals surface area contributed by atoms with Gasteiger partial charge in [-0.3, -0.25) is 4.84 Å². The van der Waals surface area contributed by atoms with E-state index in [2.05, 4.69) is 0 Å². The van der Waals surface area contributed by atoms with Gasteiger partial charge in [0.2, 0.25) is 0 Å². The normalized spacial score (nSPS) is 22.6. The summed E-state index contributed by atoms with van der Waals surface area (Å²) in [6.07, 6.45) is 0. The quantitative estimate of drug-likeness (QED) is 0.715. The molecule has 0 atom stereocenters. The number of hydrogen-bond donors (Lipinski definition) is 0. The first-order valence-electron chi connectivity index (χ1n) is 6.61. The number of rotatable bonds is 3. The average molecular weight is 279 g/mol. The van der Waals surface area contributed by atoms with E-state index < -0.39 is 0 Å². The number of hydrogen-bond acceptors (Lipinski definition) is 7. The lowest BCUT2D eigenvalue weighted by molar-refractivity contribution is -0.220. The van der Waals surface area contributed by atoms with Gasteiger partial charge in [-0.1, -0.05) is 0 Å². The van der Waals surface area contributed by atoms with E-state index in [0.717, 1.165) is 0 Å². The van der Waals surface area contributed by atoms with Crippen LogP contribution in [0.15, 0.2) is 0 Å². The van der Waals surface area contributed by atoms with E-state index in [1.807, 2.05) is 0 Å². The van der Waals surface area contributed by atoms with Crippen molar-refractivity contribution in [2.75, 3.05) is 79.8 Å². The third-order valence-corrected chi connectivity index (χ3v) is 2.40. The van der Waals surface area contributed by atoms with Gasteiger partial charge in [0.15, 0.2) is 0 Å². The Balaban J connectivity index is 2.21. The van der Waals surface area contributed by atoms with Crippen LogP contribution in [0.2, 0.25) is 0 Å². The summed E-state index contributed by atoms with van der Waals surface area (Å²) in [5, 5.41) is 1.73. The molecule has 0 N–H and O–H groups in total. The zero-order valence-corrected chi connectivity index (χ0v) is 11.7. The number of nitrogens with zero attached hydrogens (tertiary/aromatic N) is 1. The molecule has 19 heavy (non-hydrogen) atoms. The molecule has 0 aromatic rings. The smallest absolute Gasteiger partial charge is 0.122 e. The van der Waals surface area contributed by atoms with E-state index in [4.69, 9.17) is 28.5 Å². The third kappa shape index (κ3) is 10.2. The van der Waals surface area contributed by atoms with Crippen molar-refractivity contribution in [3.05, 3.63) is 0 Å². The van der Waals surface area contributed by atoms with Crippen molar-refractivity contribution >= 4 is 0 Å². The van der Waals surface area contributed by atoms with Crippen molar-refractivity contribution in [3.63, 3.8) is 0 Å². The number of ether oxygens (including phenoxy) is 5. The lowest BCUT2D eigenvalue weighted by Gasteiger charge is -2.21. The maximum atomic E-state index is 5.54. The Morgan fingerprint density at radius 1 is 0.789 bits per heavy atom. The van der Waals surface area contributed by atoms with Gasteiger partial charge < -0.3 is 23.7 Å². The first kappa shape index (κ1) is 16.8. The highest BCUT2D eigenvalue weighted by Gasteiger charge is 2.06. The molecule has 0 amide bonds. The van der Waals surface area contributed by atoms with Crippen molar-refractivity contribution < 1.29 is 28.5 Å². The maximum absolute atomic E-state index is 5.54. The Morgan fingerprint density at radius 3 is 1.89 bits per heavy atom. The van der Waals surface area contributed by atoms with E-state index in [0.29, 0.717) is 72.7 Å². The summed E-state index contributed by atoms with van der Waals surface area (Å²) in [6.45, 7) is 6.05. The van der Waals surface area contributed by atoms with Gasteiger partial charge in [0.25, 0.3) is 0 Å². The number of methoxy groups -OCH3 is 1. The van der Waals surface area contributed by atoms with Gasteiger partial charge in [0.1, 0.15) is 6.73 Å². The summed E-state index contributed by atoms with van der Waals surface area (Å²) in [5.41, 5.74) is 0. The van der Waals surface area contributed by atoms with Gasteiger partial charge in [-0.2, -0.15) is 5.06 Å². The monoisotopic (exact) mass is 279 g/mol. The summed E-state index contributed by atoms with van der Waals surface area (Å²) >= 11 is 0. The molecule has 7 nitrogen and oxygen atoms in total. The molecule has 1 rings (SSSR count). The fourth-order valence-corrected chi connectivity index (χ4v) is 1.41. The first-order valence-corrected chi connectivity index (χ1v) is 6.61. The molecule has 0 radical (unpaired) electrons. The third-order valence-electron chi connectivity index (χ3n) is 2.40. The van der Waals surface area contributed by atoms with E-state index in [9.17, 15) is 0 Å². The van der Waals surface area contributed by atoms with Crippen LogP contribution in [-0.2, 0) is 28.5 Å². The lowest BCUT2D eigenvalue weighted by atomic mass is 10.7. The molecule has 7 heteroatoms. The molecular weight excluding hydrogens is 254 g/mol. The molecule has 1 heterocycles. The first-order chi connectivity index (χ1) is 9.43. The standard InChI is InChI=1S/C12H25NO6/c1-14-3-2-13-12-18-9-8-16-5-4-15-6-7-17-10-11-19-13/h2-12H2,1H3. The summed E-state index contributed by atoms with van der Waals surface area (Å²) < 4.78 is 26.5. The van der Waals surface area contributed by atoms with Gasteiger partial charge in [-0.25, -0.2) is 0 Å². The Kier molecular flexibility index (Phi) is 11.2. The van der Waals surface area contributed by atoms with E-state index in [-0.39, 0.29) is 0 Å². The van der Waals surface area contributed by atoms with Crippen LogP contribution in [0.25, 0.3) is 0 Å². The van der Waals surface area contributed by atoms with E-state index >= 15 is 0 Å². The van der Waals surface area contributed by atoms with Crippen molar-refractivity contribution in [1.82, 2.24) is 5.06 Å². The molecule has 0 unspecified atom stereocenters. The molecule has 1 fully saturated rings. The number of hydroxylamine groups is 2. The van der Waals surface area contributed by atoms with Crippen molar-refractivity contribution in [1.29, 1.82) is 0 Å². The molecule has 1 aliphatic rings. The van der Waals surface area contributed by atoms with Gasteiger partial charge >= 0.3 is 0 Å². The Hall–Kier alpha value is -0.280. The van der Waals surface area contributed by atoms with Gasteiger partial charge in [0.05, 0.1) is 66.0 Å². The minimum atomic E-state index is 0.392. The van der Waals surface area contributed by atoms with Crippen LogP contribution in [0.4, 0.5) is 0 Å². The molecule has 0 bridgehead atoms. The van der Waals surface area contributed by atoms with Crippen LogP contribution in [0.5, 0.6) is 0 Å². The topological polar surface area (TPSA) is 58.6 Å². The van der Waals surface area contributed by atoms with Gasteiger partial charge in [0, 0.05) is 7.11 Å². The molecule has 0 saturated carbocycles. The zero-order chi connectivity index (χ0) is 13.6. The van der Waals surface area contributed by atoms with Crippen LogP contribution in [0.3, 0.4) is 0 Å². The summed E-state index contributed by atoms with van der Waals surface area (Å²) in [4.78, 5) is 5.54. The minimum absolute atomic E-state index is 0.392. The highest BCUT2D eigenvalue weighted by molar-refractivity contribution is 4.41. The van der Waals surface area contributed by atoms with Crippen molar-refractivity contribution in [2.24, 2.45) is 0 Å². The van der Waals surface area contributed by atoms with Crippen LogP contribution in [0.1, 0.15) is 0 Å². The van der Waals surface area contributed by atoms with E-state index in [1.165, 1.54) is 0 Å². The Morgan fingerprint density at radius 2 is 1.32 bits per heavy atom.